The molecule has 5 rings (SSSR count). The number of likely N-dealkylation sites (tertiary alicyclic amines) is 1. The van der Waals surface area contributed by atoms with Gasteiger partial charge in [-0.25, -0.2) is 15.0 Å². The first kappa shape index (κ1) is 27.6. The van der Waals surface area contributed by atoms with Crippen LogP contribution in [0.3, 0.4) is 0 Å². The van der Waals surface area contributed by atoms with E-state index >= 15 is 0 Å². The van der Waals surface area contributed by atoms with Crippen LogP contribution in [0.15, 0.2) is 47.6 Å². The Bertz CT molecular complexity index is 1630. The number of aromatic nitrogens is 5. The maximum atomic E-state index is 13.8. The molecule has 5 heterocycles. The molecule has 0 aliphatic carbocycles. The molecule has 206 valence electrons. The standard InChI is InChI=1S/C29H30BrN7O3/c1-15-6-7-26(30)34-28(15)35-29(40)24-8-16(2)17(3)37(24)27(39)14-36-13-22(18(4)38)21-9-23(33-12-25(21)36)20-10-31-19(5)32-11-20/h6-7,9-13,16-17,24H,8,14H2,1-5H3,(H,34,35,40)/t16-,17+,24-/m0/s1. The van der Waals surface area contributed by atoms with E-state index in [-0.39, 0.29) is 36.1 Å². The van der Waals surface area contributed by atoms with E-state index in [2.05, 4.69) is 41.2 Å². The fourth-order valence-electron chi connectivity index (χ4n) is 5.20. The van der Waals surface area contributed by atoms with Crippen molar-refractivity contribution in [2.24, 2.45) is 5.92 Å². The first-order valence-electron chi connectivity index (χ1n) is 13.1. The highest BCUT2D eigenvalue weighted by Crippen LogP contribution is 2.32. The van der Waals surface area contributed by atoms with Crippen LogP contribution in [0.25, 0.3) is 22.2 Å². The molecule has 1 saturated heterocycles. The number of nitrogens with one attached hydrogen (secondary N) is 1. The van der Waals surface area contributed by atoms with Crippen LogP contribution >= 0.6 is 15.9 Å². The minimum absolute atomic E-state index is 0.0343. The fourth-order valence-corrected chi connectivity index (χ4v) is 5.51. The van der Waals surface area contributed by atoms with Gasteiger partial charge in [0, 0.05) is 41.1 Å². The number of rotatable bonds is 6. The largest absolute Gasteiger partial charge is 0.336 e. The number of fused-ring (bicyclic) bond motifs is 1. The Morgan fingerprint density at radius 3 is 2.50 bits per heavy atom. The number of aryl methyl sites for hydroxylation is 2. The van der Waals surface area contributed by atoms with E-state index in [4.69, 9.17) is 0 Å². The maximum Gasteiger partial charge on any atom is 0.248 e. The molecule has 1 N–H and O–H groups in total. The Morgan fingerprint density at radius 2 is 1.80 bits per heavy atom. The first-order chi connectivity index (χ1) is 19.0. The third kappa shape index (κ3) is 5.25. The number of anilines is 1. The van der Waals surface area contributed by atoms with Gasteiger partial charge in [0.15, 0.2) is 5.78 Å². The highest BCUT2D eigenvalue weighted by atomic mass is 79.9. The smallest absolute Gasteiger partial charge is 0.248 e. The highest BCUT2D eigenvalue weighted by molar-refractivity contribution is 9.10. The molecule has 3 atom stereocenters. The lowest BCUT2D eigenvalue weighted by atomic mass is 10.0. The topological polar surface area (TPSA) is 123 Å². The van der Waals surface area contributed by atoms with Gasteiger partial charge < -0.3 is 14.8 Å². The number of nitrogens with zero attached hydrogens (tertiary/aromatic N) is 6. The van der Waals surface area contributed by atoms with Gasteiger partial charge in [0.1, 0.15) is 28.8 Å². The van der Waals surface area contributed by atoms with Gasteiger partial charge in [-0.3, -0.25) is 19.4 Å². The monoisotopic (exact) mass is 603 g/mol. The average Bonchev–Trinajstić information content (AvgIpc) is 3.43. The molecule has 0 saturated carbocycles. The Kier molecular flexibility index (Phi) is 7.50. The van der Waals surface area contributed by atoms with E-state index in [9.17, 15) is 14.4 Å². The van der Waals surface area contributed by atoms with Crippen molar-refractivity contribution >= 4 is 50.2 Å². The predicted octanol–water partition coefficient (Wildman–Crippen LogP) is 4.73. The number of carbonyl (C=O) groups is 3. The Hall–Kier alpha value is -3.99. The molecular formula is C29H30BrN7O3. The average molecular weight is 605 g/mol. The molecule has 4 aromatic rings. The Morgan fingerprint density at radius 1 is 1.07 bits per heavy atom. The van der Waals surface area contributed by atoms with E-state index in [0.29, 0.717) is 44.8 Å². The molecule has 4 aromatic heterocycles. The molecule has 0 aromatic carbocycles. The second-order valence-corrected chi connectivity index (χ2v) is 11.2. The SMILES string of the molecule is CC(=O)c1cn(CC(=O)N2[C@H](C)[C@@H](C)C[C@H]2C(=O)Nc2nc(Br)ccc2C)c2cnc(-c3cnc(C)nc3)cc12. The van der Waals surface area contributed by atoms with E-state index < -0.39 is 6.04 Å². The zero-order chi connectivity index (χ0) is 28.7. The van der Waals surface area contributed by atoms with Gasteiger partial charge >= 0.3 is 0 Å². The summed E-state index contributed by atoms with van der Waals surface area (Å²) in [5.41, 5.74) is 3.34. The van der Waals surface area contributed by atoms with Gasteiger partial charge in [0.05, 0.1) is 17.4 Å². The number of hydrogen-bond acceptors (Lipinski definition) is 7. The number of hydrogen-bond donors (Lipinski definition) is 1. The normalized spacial score (nSPS) is 18.8. The quantitative estimate of drug-likeness (QED) is 0.249. The zero-order valence-electron chi connectivity index (χ0n) is 23.0. The van der Waals surface area contributed by atoms with Crippen molar-refractivity contribution in [2.75, 3.05) is 5.32 Å². The summed E-state index contributed by atoms with van der Waals surface area (Å²) in [6.07, 6.45) is 7.27. The number of amides is 2. The summed E-state index contributed by atoms with van der Waals surface area (Å²) < 4.78 is 2.35. The second-order valence-electron chi connectivity index (χ2n) is 10.4. The minimum atomic E-state index is -0.641. The number of ketones is 1. The van der Waals surface area contributed by atoms with Gasteiger partial charge in [-0.1, -0.05) is 13.0 Å². The lowest BCUT2D eigenvalue weighted by molar-refractivity contribution is -0.139. The van der Waals surface area contributed by atoms with E-state index in [1.54, 1.807) is 41.2 Å². The van der Waals surface area contributed by atoms with Crippen LogP contribution in [0.2, 0.25) is 0 Å². The molecule has 0 unspecified atom stereocenters. The van der Waals surface area contributed by atoms with Gasteiger partial charge in [-0.2, -0.15) is 0 Å². The van der Waals surface area contributed by atoms with Gasteiger partial charge in [-0.05, 0) is 73.7 Å². The summed E-state index contributed by atoms with van der Waals surface area (Å²) in [5, 5.41) is 3.60. The summed E-state index contributed by atoms with van der Waals surface area (Å²) >= 11 is 3.35. The molecule has 40 heavy (non-hydrogen) atoms. The van der Waals surface area contributed by atoms with Gasteiger partial charge in [0.25, 0.3) is 0 Å². The lowest BCUT2D eigenvalue weighted by Gasteiger charge is -2.29. The first-order valence-corrected chi connectivity index (χ1v) is 13.9. The molecule has 10 nitrogen and oxygen atoms in total. The number of pyridine rings is 2. The summed E-state index contributed by atoms with van der Waals surface area (Å²) in [7, 11) is 0. The molecular weight excluding hydrogens is 574 g/mol. The minimum Gasteiger partial charge on any atom is -0.336 e. The van der Waals surface area contributed by atoms with Crippen LogP contribution in [0, 0.1) is 19.8 Å². The lowest BCUT2D eigenvalue weighted by Crippen LogP contribution is -2.47. The summed E-state index contributed by atoms with van der Waals surface area (Å²) in [6, 6.07) is 4.72. The Balaban J connectivity index is 1.44. The number of halogens is 1. The maximum absolute atomic E-state index is 13.8. The zero-order valence-corrected chi connectivity index (χ0v) is 24.6. The molecule has 0 spiro atoms. The van der Waals surface area contributed by atoms with Crippen LogP contribution < -0.4 is 5.32 Å². The van der Waals surface area contributed by atoms with Crippen molar-refractivity contribution in [2.45, 2.75) is 59.7 Å². The molecule has 0 bridgehead atoms. The van der Waals surface area contributed by atoms with E-state index in [1.807, 2.05) is 39.0 Å². The van der Waals surface area contributed by atoms with Crippen molar-refractivity contribution in [3.8, 4) is 11.3 Å². The molecule has 1 aliphatic rings. The summed E-state index contributed by atoms with van der Waals surface area (Å²) in [4.78, 5) is 58.8. The van der Waals surface area contributed by atoms with Crippen LogP contribution in [0.5, 0.6) is 0 Å². The third-order valence-electron chi connectivity index (χ3n) is 7.62. The highest BCUT2D eigenvalue weighted by Gasteiger charge is 2.43. The van der Waals surface area contributed by atoms with Gasteiger partial charge in [0.2, 0.25) is 11.8 Å². The summed E-state index contributed by atoms with van der Waals surface area (Å²) in [5.74, 6) is 0.643. The van der Waals surface area contributed by atoms with Crippen molar-refractivity contribution in [1.82, 2.24) is 29.4 Å². The van der Waals surface area contributed by atoms with Crippen molar-refractivity contribution in [1.29, 1.82) is 0 Å². The molecule has 2 amide bonds. The molecule has 1 aliphatic heterocycles. The molecule has 0 radical (unpaired) electrons. The third-order valence-corrected chi connectivity index (χ3v) is 8.06. The molecule has 11 heteroatoms. The van der Waals surface area contributed by atoms with Crippen LogP contribution in [0.1, 0.15) is 48.9 Å². The fraction of sp³-hybridized carbons (Fsp3) is 0.345. The van der Waals surface area contributed by atoms with Crippen molar-refractivity contribution < 1.29 is 14.4 Å². The number of Topliss-reactive ketones (excluding diaryl/α,β-unsaturated/α-hetero) is 1. The van der Waals surface area contributed by atoms with Gasteiger partial charge in [-0.15, -0.1) is 0 Å². The van der Waals surface area contributed by atoms with E-state index in [0.717, 1.165) is 11.1 Å². The number of carbonyl (C=O) groups excluding carboxylic acids is 3. The van der Waals surface area contributed by atoms with Crippen LogP contribution in [-0.4, -0.2) is 59.1 Å². The van der Waals surface area contributed by atoms with E-state index in [1.165, 1.54) is 6.92 Å². The van der Waals surface area contributed by atoms with Crippen molar-refractivity contribution in [3.63, 3.8) is 0 Å². The predicted molar refractivity (Wildman–Crippen MR) is 155 cm³/mol. The second kappa shape index (κ2) is 10.9. The van der Waals surface area contributed by atoms with Crippen molar-refractivity contribution in [3.05, 3.63) is 64.5 Å². The summed E-state index contributed by atoms with van der Waals surface area (Å²) in [6.45, 7) is 9.14. The van der Waals surface area contributed by atoms with Crippen LogP contribution in [0.4, 0.5) is 5.82 Å². The van der Waals surface area contributed by atoms with Crippen LogP contribution in [-0.2, 0) is 16.1 Å². The Labute approximate surface area is 240 Å². The molecule has 1 fully saturated rings.